The van der Waals surface area contributed by atoms with E-state index in [-0.39, 0.29) is 11.6 Å². The van der Waals surface area contributed by atoms with Gasteiger partial charge in [0.2, 0.25) is 0 Å². The van der Waals surface area contributed by atoms with Gasteiger partial charge in [0.05, 0.1) is 6.04 Å². The number of rotatable bonds is 4. The first kappa shape index (κ1) is 20.1. The molecule has 0 saturated heterocycles. The number of aryl methyl sites for hydroxylation is 2. The molecule has 2 aromatic heterocycles. The van der Waals surface area contributed by atoms with Crippen LogP contribution in [0, 0.1) is 13.8 Å². The number of fused-ring (bicyclic) bond motifs is 2. The molecule has 2 aromatic carbocycles. The molecule has 1 fully saturated rings. The Morgan fingerprint density at radius 2 is 1.91 bits per heavy atom. The molecule has 1 atom stereocenters. The minimum absolute atomic E-state index is 0.0807. The fourth-order valence-electron chi connectivity index (χ4n) is 5.76. The first-order valence-electron chi connectivity index (χ1n) is 11.9. The average molecular weight is 441 g/mol. The minimum Gasteiger partial charge on any atom is -0.357 e. The first-order chi connectivity index (χ1) is 16.1. The predicted octanol–water partition coefficient (Wildman–Crippen LogP) is 4.40. The van der Waals surface area contributed by atoms with Crippen LogP contribution >= 0.6 is 0 Å². The summed E-state index contributed by atoms with van der Waals surface area (Å²) < 4.78 is 1.99. The normalized spacial score (nSPS) is 17.1. The molecular formula is C26H28N6O. The van der Waals surface area contributed by atoms with Gasteiger partial charge in [0.15, 0.2) is 5.82 Å². The number of aromatic amines is 1. The SMILES string of the molecule is Cc1cc(C)c2cc([C@@H](c3nnnn3C3CCCC3)N3CCc4ccccc43)c(=O)[nH]c2c1. The van der Waals surface area contributed by atoms with Crippen molar-refractivity contribution in [3.8, 4) is 0 Å². The summed E-state index contributed by atoms with van der Waals surface area (Å²) in [6.07, 6.45) is 5.48. The Labute approximate surface area is 192 Å². The van der Waals surface area contributed by atoms with Gasteiger partial charge in [-0.05, 0) is 78.4 Å². The molecule has 1 aliphatic heterocycles. The van der Waals surface area contributed by atoms with Crippen LogP contribution in [0.25, 0.3) is 10.9 Å². The van der Waals surface area contributed by atoms with E-state index in [1.807, 2.05) is 10.7 Å². The van der Waals surface area contributed by atoms with Gasteiger partial charge in [0.25, 0.3) is 5.56 Å². The number of hydrogen-bond donors (Lipinski definition) is 1. The molecule has 0 amide bonds. The number of H-pyrrole nitrogens is 1. The van der Waals surface area contributed by atoms with Crippen LogP contribution in [0.15, 0.2) is 47.3 Å². The van der Waals surface area contributed by atoms with E-state index < -0.39 is 0 Å². The van der Waals surface area contributed by atoms with Gasteiger partial charge < -0.3 is 9.88 Å². The topological polar surface area (TPSA) is 79.7 Å². The van der Waals surface area contributed by atoms with Crippen LogP contribution in [0.2, 0.25) is 0 Å². The molecule has 3 heterocycles. The second-order valence-electron chi connectivity index (χ2n) is 9.49. The van der Waals surface area contributed by atoms with Gasteiger partial charge in [0, 0.05) is 28.7 Å². The van der Waals surface area contributed by atoms with E-state index in [1.54, 1.807) is 0 Å². The van der Waals surface area contributed by atoms with Gasteiger partial charge in [0.1, 0.15) is 6.04 Å². The first-order valence-corrected chi connectivity index (χ1v) is 11.9. The van der Waals surface area contributed by atoms with Crippen molar-refractivity contribution >= 4 is 16.6 Å². The Bertz CT molecular complexity index is 1400. The molecular weight excluding hydrogens is 412 g/mol. The molecule has 7 heteroatoms. The van der Waals surface area contributed by atoms with E-state index >= 15 is 0 Å². The maximum absolute atomic E-state index is 13.5. The maximum atomic E-state index is 13.5. The molecule has 0 spiro atoms. The largest absolute Gasteiger partial charge is 0.357 e. The summed E-state index contributed by atoms with van der Waals surface area (Å²) in [7, 11) is 0. The number of pyridine rings is 1. The van der Waals surface area contributed by atoms with E-state index in [2.05, 4.69) is 75.7 Å². The maximum Gasteiger partial charge on any atom is 0.254 e. The molecule has 0 bridgehead atoms. The summed E-state index contributed by atoms with van der Waals surface area (Å²) in [6.45, 7) is 4.98. The van der Waals surface area contributed by atoms with Crippen molar-refractivity contribution in [2.75, 3.05) is 11.4 Å². The predicted molar refractivity (Wildman–Crippen MR) is 129 cm³/mol. The lowest BCUT2D eigenvalue weighted by atomic mass is 9.99. The lowest BCUT2D eigenvalue weighted by Gasteiger charge is -2.30. The zero-order chi connectivity index (χ0) is 22.5. The second-order valence-corrected chi connectivity index (χ2v) is 9.49. The summed E-state index contributed by atoms with van der Waals surface area (Å²) in [5.74, 6) is 0.758. The molecule has 0 radical (unpaired) electrons. The van der Waals surface area contributed by atoms with Crippen LogP contribution in [0.5, 0.6) is 0 Å². The second kappa shape index (κ2) is 7.83. The number of benzene rings is 2. The Balaban J connectivity index is 1.57. The summed E-state index contributed by atoms with van der Waals surface area (Å²) in [5, 5.41) is 14.1. The molecule has 33 heavy (non-hydrogen) atoms. The highest BCUT2D eigenvalue weighted by Gasteiger charge is 2.36. The Morgan fingerprint density at radius 3 is 2.76 bits per heavy atom. The summed E-state index contributed by atoms with van der Waals surface area (Å²) in [4.78, 5) is 19.0. The molecule has 168 valence electrons. The van der Waals surface area contributed by atoms with Crippen molar-refractivity contribution in [1.82, 2.24) is 25.2 Å². The van der Waals surface area contributed by atoms with Crippen molar-refractivity contribution < 1.29 is 0 Å². The highest BCUT2D eigenvalue weighted by atomic mass is 16.1. The fourth-order valence-corrected chi connectivity index (χ4v) is 5.76. The van der Waals surface area contributed by atoms with Gasteiger partial charge in [-0.25, -0.2) is 4.68 Å². The third-order valence-corrected chi connectivity index (χ3v) is 7.30. The summed E-state index contributed by atoms with van der Waals surface area (Å²) in [5.41, 5.74) is 6.23. The van der Waals surface area contributed by atoms with Crippen molar-refractivity contribution in [3.05, 3.63) is 80.9 Å². The van der Waals surface area contributed by atoms with Crippen LogP contribution in [0.4, 0.5) is 5.69 Å². The smallest absolute Gasteiger partial charge is 0.254 e. The molecule has 6 rings (SSSR count). The van der Waals surface area contributed by atoms with E-state index in [0.29, 0.717) is 11.6 Å². The van der Waals surface area contributed by atoms with E-state index in [0.717, 1.165) is 59.3 Å². The minimum atomic E-state index is -0.349. The van der Waals surface area contributed by atoms with Gasteiger partial charge >= 0.3 is 0 Å². The third kappa shape index (κ3) is 3.34. The Hall–Kier alpha value is -3.48. The quantitative estimate of drug-likeness (QED) is 0.509. The molecule has 0 unspecified atom stereocenters. The van der Waals surface area contributed by atoms with Crippen LogP contribution in [-0.2, 0) is 6.42 Å². The number of nitrogens with zero attached hydrogens (tertiary/aromatic N) is 5. The van der Waals surface area contributed by atoms with E-state index in [4.69, 9.17) is 0 Å². The van der Waals surface area contributed by atoms with Crippen molar-refractivity contribution in [3.63, 3.8) is 0 Å². The fraction of sp³-hybridized carbons (Fsp3) is 0.385. The number of anilines is 1. The van der Waals surface area contributed by atoms with Crippen molar-refractivity contribution in [2.45, 2.75) is 58.0 Å². The van der Waals surface area contributed by atoms with Crippen molar-refractivity contribution in [2.24, 2.45) is 0 Å². The number of aromatic nitrogens is 5. The van der Waals surface area contributed by atoms with Crippen LogP contribution < -0.4 is 10.5 Å². The molecule has 1 saturated carbocycles. The van der Waals surface area contributed by atoms with Gasteiger partial charge in [-0.3, -0.25) is 4.79 Å². The third-order valence-electron chi connectivity index (χ3n) is 7.30. The summed E-state index contributed by atoms with van der Waals surface area (Å²) in [6, 6.07) is 14.6. The monoisotopic (exact) mass is 440 g/mol. The van der Waals surface area contributed by atoms with Gasteiger partial charge in [-0.15, -0.1) is 5.10 Å². The molecule has 1 N–H and O–H groups in total. The molecule has 4 aromatic rings. The number of nitrogens with one attached hydrogen (secondary N) is 1. The number of hydrogen-bond acceptors (Lipinski definition) is 5. The summed E-state index contributed by atoms with van der Waals surface area (Å²) >= 11 is 0. The highest BCUT2D eigenvalue weighted by molar-refractivity contribution is 5.83. The van der Waals surface area contributed by atoms with Crippen molar-refractivity contribution in [1.29, 1.82) is 0 Å². The van der Waals surface area contributed by atoms with Gasteiger partial charge in [-0.1, -0.05) is 37.1 Å². The highest BCUT2D eigenvalue weighted by Crippen LogP contribution is 2.39. The lowest BCUT2D eigenvalue weighted by Crippen LogP contribution is -2.34. The van der Waals surface area contributed by atoms with Crippen LogP contribution in [-0.4, -0.2) is 31.7 Å². The molecule has 7 nitrogen and oxygen atoms in total. The average Bonchev–Trinajstić information content (AvgIpc) is 3.56. The number of tetrazole rings is 1. The standard InChI is InChI=1S/C26H28N6O/c1-16-13-17(2)20-15-21(26(33)27-22(20)14-16)24(31-12-11-18-7-3-6-10-23(18)31)25-28-29-30-32(25)19-8-4-5-9-19/h3,6-7,10,13-15,19,24H,4-5,8-9,11-12H2,1-2H3,(H,27,33)/t24-/m0/s1. The Morgan fingerprint density at radius 1 is 1.09 bits per heavy atom. The van der Waals surface area contributed by atoms with E-state index in [1.165, 1.54) is 18.4 Å². The van der Waals surface area contributed by atoms with Gasteiger partial charge in [-0.2, -0.15) is 0 Å². The lowest BCUT2D eigenvalue weighted by molar-refractivity contribution is 0.428. The zero-order valence-electron chi connectivity index (χ0n) is 19.1. The number of para-hydroxylation sites is 1. The zero-order valence-corrected chi connectivity index (χ0v) is 19.1. The Kier molecular flexibility index (Phi) is 4.78. The van der Waals surface area contributed by atoms with Crippen LogP contribution in [0.3, 0.4) is 0 Å². The molecule has 2 aliphatic rings. The molecule has 1 aliphatic carbocycles. The van der Waals surface area contributed by atoms with E-state index in [9.17, 15) is 4.79 Å². The van der Waals surface area contributed by atoms with Crippen LogP contribution in [0.1, 0.15) is 65.8 Å².